The lowest BCUT2D eigenvalue weighted by Crippen LogP contribution is -2.55. The molecule has 1 N–H and O–H groups in total. The molecule has 0 radical (unpaired) electrons. The first-order chi connectivity index (χ1) is 9.49. The Bertz CT molecular complexity index is 550. The van der Waals surface area contributed by atoms with Crippen LogP contribution >= 0.6 is 0 Å². The Labute approximate surface area is 119 Å². The van der Waals surface area contributed by atoms with Gasteiger partial charge in [-0.15, -0.1) is 0 Å². The van der Waals surface area contributed by atoms with Gasteiger partial charge in [-0.2, -0.15) is 5.26 Å². The number of benzene rings is 1. The molecule has 2 atom stereocenters. The number of likely N-dealkylation sites (tertiary alicyclic amines) is 1. The number of nitriles is 1. The molecule has 4 nitrogen and oxygen atoms in total. The zero-order valence-corrected chi connectivity index (χ0v) is 12.0. The van der Waals surface area contributed by atoms with E-state index in [1.807, 2.05) is 25.1 Å². The van der Waals surface area contributed by atoms with Gasteiger partial charge in [0.1, 0.15) is 5.54 Å². The third-order valence-corrected chi connectivity index (χ3v) is 4.37. The predicted octanol–water partition coefficient (Wildman–Crippen LogP) is 2.95. The van der Waals surface area contributed by atoms with Crippen LogP contribution in [0.3, 0.4) is 0 Å². The van der Waals surface area contributed by atoms with Crippen LogP contribution in [0.25, 0.3) is 0 Å². The molecule has 1 aliphatic rings. The molecule has 2 rings (SSSR count). The van der Waals surface area contributed by atoms with E-state index >= 15 is 0 Å². The number of hydrogen-bond acceptors (Lipinski definition) is 3. The number of hydrogen-bond donors (Lipinski definition) is 1. The zero-order valence-electron chi connectivity index (χ0n) is 12.0. The summed E-state index contributed by atoms with van der Waals surface area (Å²) in [4.78, 5) is 13.7. The zero-order chi connectivity index (χ0) is 14.8. The second-order valence-corrected chi connectivity index (χ2v) is 5.64. The summed E-state index contributed by atoms with van der Waals surface area (Å²) in [5.74, 6) is -0.763. The SMILES string of the molecule is CC(c1cccc(C#N)c1)N1CCCCC1(C)C(=O)O. The van der Waals surface area contributed by atoms with Gasteiger partial charge in [0, 0.05) is 6.04 Å². The summed E-state index contributed by atoms with van der Waals surface area (Å²) in [5, 5.41) is 18.6. The van der Waals surface area contributed by atoms with Gasteiger partial charge in [-0.3, -0.25) is 9.69 Å². The molecule has 1 fully saturated rings. The molecular formula is C16H20N2O2. The van der Waals surface area contributed by atoms with Gasteiger partial charge in [-0.25, -0.2) is 0 Å². The van der Waals surface area contributed by atoms with Gasteiger partial charge in [0.25, 0.3) is 0 Å². The molecule has 2 unspecified atom stereocenters. The molecule has 1 aromatic rings. The van der Waals surface area contributed by atoms with E-state index in [1.54, 1.807) is 13.0 Å². The first kappa shape index (κ1) is 14.5. The predicted molar refractivity (Wildman–Crippen MR) is 76.2 cm³/mol. The topological polar surface area (TPSA) is 64.3 Å². The van der Waals surface area contributed by atoms with Gasteiger partial charge in [-0.1, -0.05) is 12.1 Å². The molecule has 0 saturated carbocycles. The van der Waals surface area contributed by atoms with Crippen molar-refractivity contribution in [2.24, 2.45) is 0 Å². The first-order valence-corrected chi connectivity index (χ1v) is 6.99. The third-order valence-electron chi connectivity index (χ3n) is 4.37. The van der Waals surface area contributed by atoms with Crippen LogP contribution in [0.15, 0.2) is 24.3 Å². The van der Waals surface area contributed by atoms with E-state index in [9.17, 15) is 9.90 Å². The van der Waals surface area contributed by atoms with Crippen LogP contribution in [0, 0.1) is 11.3 Å². The monoisotopic (exact) mass is 272 g/mol. The molecule has 0 bridgehead atoms. The summed E-state index contributed by atoms with van der Waals surface area (Å²) in [6.45, 7) is 4.60. The minimum absolute atomic E-state index is 0.00954. The van der Waals surface area contributed by atoms with E-state index in [0.717, 1.165) is 24.9 Å². The van der Waals surface area contributed by atoms with Crippen LogP contribution in [0.2, 0.25) is 0 Å². The van der Waals surface area contributed by atoms with E-state index in [4.69, 9.17) is 5.26 Å². The highest BCUT2D eigenvalue weighted by Gasteiger charge is 2.43. The van der Waals surface area contributed by atoms with E-state index < -0.39 is 11.5 Å². The average Bonchev–Trinajstić information content (AvgIpc) is 2.47. The maximum absolute atomic E-state index is 11.7. The van der Waals surface area contributed by atoms with Crippen LogP contribution in [0.4, 0.5) is 0 Å². The van der Waals surface area contributed by atoms with Crippen molar-refractivity contribution < 1.29 is 9.90 Å². The minimum Gasteiger partial charge on any atom is -0.480 e. The van der Waals surface area contributed by atoms with Gasteiger partial charge in [-0.05, 0) is 57.4 Å². The van der Waals surface area contributed by atoms with Crippen molar-refractivity contribution in [3.63, 3.8) is 0 Å². The average molecular weight is 272 g/mol. The Morgan fingerprint density at radius 3 is 2.90 bits per heavy atom. The molecule has 0 spiro atoms. The highest BCUT2D eigenvalue weighted by atomic mass is 16.4. The van der Waals surface area contributed by atoms with Crippen LogP contribution in [0.5, 0.6) is 0 Å². The molecule has 0 aromatic heterocycles. The molecule has 1 aliphatic heterocycles. The molecule has 0 amide bonds. The number of carboxylic acid groups (broad SMARTS) is 1. The molecule has 1 heterocycles. The number of carbonyl (C=O) groups is 1. The summed E-state index contributed by atoms with van der Waals surface area (Å²) < 4.78 is 0. The van der Waals surface area contributed by atoms with Crippen LogP contribution in [-0.2, 0) is 4.79 Å². The molecule has 4 heteroatoms. The number of aliphatic carboxylic acids is 1. The van der Waals surface area contributed by atoms with Gasteiger partial charge >= 0.3 is 5.97 Å². The van der Waals surface area contributed by atoms with Crippen molar-refractivity contribution >= 4 is 5.97 Å². The highest BCUT2D eigenvalue weighted by molar-refractivity contribution is 5.78. The smallest absolute Gasteiger partial charge is 0.323 e. The lowest BCUT2D eigenvalue weighted by Gasteiger charge is -2.45. The summed E-state index contributed by atoms with van der Waals surface area (Å²) >= 11 is 0. The number of rotatable bonds is 3. The van der Waals surface area contributed by atoms with Crippen molar-refractivity contribution in [2.45, 2.75) is 44.7 Å². The molecule has 1 saturated heterocycles. The van der Waals surface area contributed by atoms with Crippen LogP contribution in [-0.4, -0.2) is 28.1 Å². The maximum Gasteiger partial charge on any atom is 0.323 e. The first-order valence-electron chi connectivity index (χ1n) is 6.99. The van der Waals surface area contributed by atoms with E-state index in [2.05, 4.69) is 11.0 Å². The lowest BCUT2D eigenvalue weighted by molar-refractivity contribution is -0.155. The normalized spacial score (nSPS) is 24.9. The van der Waals surface area contributed by atoms with Crippen molar-refractivity contribution in [2.75, 3.05) is 6.54 Å². The standard InChI is InChI=1S/C16H20N2O2/c1-12(14-7-5-6-13(10-14)11-17)18-9-4-3-8-16(18,2)15(19)20/h5-7,10,12H,3-4,8-9H2,1-2H3,(H,19,20). The maximum atomic E-state index is 11.7. The molecule has 106 valence electrons. The molecule has 20 heavy (non-hydrogen) atoms. The molecular weight excluding hydrogens is 252 g/mol. The fourth-order valence-corrected chi connectivity index (χ4v) is 3.04. The highest BCUT2D eigenvalue weighted by Crippen LogP contribution is 2.35. The fourth-order valence-electron chi connectivity index (χ4n) is 3.04. The van der Waals surface area contributed by atoms with Crippen LogP contribution < -0.4 is 0 Å². The van der Waals surface area contributed by atoms with Crippen molar-refractivity contribution in [3.05, 3.63) is 35.4 Å². The van der Waals surface area contributed by atoms with Gasteiger partial charge in [0.15, 0.2) is 0 Å². The Kier molecular flexibility index (Phi) is 4.10. The van der Waals surface area contributed by atoms with E-state index in [-0.39, 0.29) is 6.04 Å². The summed E-state index contributed by atoms with van der Waals surface area (Å²) in [6, 6.07) is 9.55. The largest absolute Gasteiger partial charge is 0.480 e. The van der Waals surface area contributed by atoms with E-state index in [0.29, 0.717) is 12.0 Å². The Morgan fingerprint density at radius 1 is 1.50 bits per heavy atom. The Hall–Kier alpha value is -1.86. The molecule has 0 aliphatic carbocycles. The van der Waals surface area contributed by atoms with Crippen molar-refractivity contribution in [1.82, 2.24) is 4.90 Å². The second-order valence-electron chi connectivity index (χ2n) is 5.64. The number of nitrogens with zero attached hydrogens (tertiary/aromatic N) is 2. The summed E-state index contributed by atoms with van der Waals surface area (Å²) in [7, 11) is 0. The minimum atomic E-state index is -0.819. The van der Waals surface area contributed by atoms with Crippen molar-refractivity contribution in [3.8, 4) is 6.07 Å². The molecule has 1 aromatic carbocycles. The number of piperidine rings is 1. The van der Waals surface area contributed by atoms with Crippen LogP contribution in [0.1, 0.15) is 50.3 Å². The Morgan fingerprint density at radius 2 is 2.25 bits per heavy atom. The summed E-state index contributed by atoms with van der Waals surface area (Å²) in [6.07, 6.45) is 2.64. The van der Waals surface area contributed by atoms with Gasteiger partial charge < -0.3 is 5.11 Å². The van der Waals surface area contributed by atoms with E-state index in [1.165, 1.54) is 0 Å². The van der Waals surface area contributed by atoms with Gasteiger partial charge in [0.2, 0.25) is 0 Å². The Balaban J connectivity index is 2.32. The number of carboxylic acids is 1. The quantitative estimate of drug-likeness (QED) is 0.918. The summed E-state index contributed by atoms with van der Waals surface area (Å²) in [5.41, 5.74) is 0.794. The second kappa shape index (κ2) is 5.64. The van der Waals surface area contributed by atoms with Gasteiger partial charge in [0.05, 0.1) is 11.6 Å². The fraction of sp³-hybridized carbons (Fsp3) is 0.500. The van der Waals surface area contributed by atoms with Crippen molar-refractivity contribution in [1.29, 1.82) is 5.26 Å². The lowest BCUT2D eigenvalue weighted by atomic mass is 9.86. The third kappa shape index (κ3) is 2.54.